The van der Waals surface area contributed by atoms with Gasteiger partial charge in [-0.1, -0.05) is 6.92 Å². The summed E-state index contributed by atoms with van der Waals surface area (Å²) in [5.74, 6) is 0.967. The molecule has 0 amide bonds. The third-order valence-electron chi connectivity index (χ3n) is 4.90. The van der Waals surface area contributed by atoms with Gasteiger partial charge in [-0.15, -0.1) is 0 Å². The highest BCUT2D eigenvalue weighted by molar-refractivity contribution is 6.49. The standard InChI is InChI=1S/C18H17N3O5/c1-4-18-14(22)7-11(15(23)16(18)26-18)21-17-9-5-12(24-2)13(25-3)6-10(9)19-8-20-17/h5-6,8,16H,4,7H2,1-3H3. The molecule has 1 aromatic heterocycles. The molecule has 2 fully saturated rings. The summed E-state index contributed by atoms with van der Waals surface area (Å²) in [5, 5.41) is 0.599. The number of Topliss-reactive ketones (excluding diaryl/α,β-unsaturated/α-hetero) is 2. The molecular weight excluding hydrogens is 338 g/mol. The molecule has 0 spiro atoms. The van der Waals surface area contributed by atoms with Crippen LogP contribution in [-0.2, 0) is 14.3 Å². The van der Waals surface area contributed by atoms with Crippen molar-refractivity contribution in [1.82, 2.24) is 9.97 Å². The van der Waals surface area contributed by atoms with E-state index in [0.717, 1.165) is 0 Å². The van der Waals surface area contributed by atoms with E-state index in [4.69, 9.17) is 14.2 Å². The van der Waals surface area contributed by atoms with Gasteiger partial charge in [-0.25, -0.2) is 15.0 Å². The van der Waals surface area contributed by atoms with Crippen LogP contribution in [0, 0.1) is 0 Å². The number of hydrogen-bond acceptors (Lipinski definition) is 8. The third kappa shape index (κ3) is 2.29. The molecule has 1 saturated heterocycles. The molecule has 2 heterocycles. The van der Waals surface area contributed by atoms with Crippen molar-refractivity contribution in [3.63, 3.8) is 0 Å². The lowest BCUT2D eigenvalue weighted by Crippen LogP contribution is -2.40. The first kappa shape index (κ1) is 16.6. The lowest BCUT2D eigenvalue weighted by molar-refractivity contribution is -0.124. The van der Waals surface area contributed by atoms with E-state index in [1.807, 2.05) is 6.92 Å². The zero-order valence-electron chi connectivity index (χ0n) is 14.6. The van der Waals surface area contributed by atoms with Gasteiger partial charge in [0.05, 0.1) is 31.9 Å². The summed E-state index contributed by atoms with van der Waals surface area (Å²) in [6.07, 6.45) is 1.08. The fourth-order valence-corrected chi connectivity index (χ4v) is 3.34. The van der Waals surface area contributed by atoms with Gasteiger partial charge in [-0.2, -0.15) is 0 Å². The van der Waals surface area contributed by atoms with Gasteiger partial charge < -0.3 is 14.2 Å². The van der Waals surface area contributed by atoms with E-state index in [-0.39, 0.29) is 23.7 Å². The minimum absolute atomic E-state index is 0.0536. The molecule has 1 aliphatic carbocycles. The maximum absolute atomic E-state index is 12.5. The first-order valence-electron chi connectivity index (χ1n) is 8.23. The molecule has 2 atom stereocenters. The Labute approximate surface area is 149 Å². The van der Waals surface area contributed by atoms with Crippen molar-refractivity contribution in [2.24, 2.45) is 4.99 Å². The average Bonchev–Trinajstić information content (AvgIpc) is 3.42. The van der Waals surface area contributed by atoms with E-state index in [1.165, 1.54) is 20.5 Å². The molecule has 2 unspecified atom stereocenters. The number of aliphatic imine (C=N–C) groups is 1. The van der Waals surface area contributed by atoms with E-state index in [9.17, 15) is 9.59 Å². The molecule has 4 rings (SSSR count). The van der Waals surface area contributed by atoms with Crippen molar-refractivity contribution in [3.8, 4) is 11.5 Å². The van der Waals surface area contributed by atoms with Gasteiger partial charge in [0.25, 0.3) is 0 Å². The Hall–Kier alpha value is -2.87. The number of ether oxygens (including phenoxy) is 3. The number of carbonyl (C=O) groups excluding carboxylic acids is 2. The van der Waals surface area contributed by atoms with Crippen LogP contribution < -0.4 is 9.47 Å². The van der Waals surface area contributed by atoms with Gasteiger partial charge in [0, 0.05) is 11.5 Å². The number of fused-ring (bicyclic) bond motifs is 2. The van der Waals surface area contributed by atoms with E-state index >= 15 is 0 Å². The first-order valence-corrected chi connectivity index (χ1v) is 8.23. The van der Waals surface area contributed by atoms with Crippen molar-refractivity contribution in [3.05, 3.63) is 18.5 Å². The number of aromatic nitrogens is 2. The van der Waals surface area contributed by atoms with Crippen molar-refractivity contribution in [2.45, 2.75) is 31.5 Å². The van der Waals surface area contributed by atoms with Crippen LogP contribution in [0.4, 0.5) is 5.82 Å². The van der Waals surface area contributed by atoms with Gasteiger partial charge in [-0.05, 0) is 12.5 Å². The number of epoxide rings is 1. The predicted octanol–water partition coefficient (Wildman–Crippen LogP) is 1.81. The molecule has 8 nitrogen and oxygen atoms in total. The number of hydrogen-bond donors (Lipinski definition) is 0. The van der Waals surface area contributed by atoms with Crippen molar-refractivity contribution < 1.29 is 23.8 Å². The fourth-order valence-electron chi connectivity index (χ4n) is 3.34. The number of ketones is 2. The van der Waals surface area contributed by atoms with Crippen LogP contribution in [0.15, 0.2) is 23.5 Å². The van der Waals surface area contributed by atoms with Crippen LogP contribution in [-0.4, -0.2) is 53.2 Å². The fraction of sp³-hybridized carbons (Fsp3) is 0.389. The van der Waals surface area contributed by atoms with E-state index in [0.29, 0.717) is 34.6 Å². The van der Waals surface area contributed by atoms with Crippen LogP contribution in [0.25, 0.3) is 10.9 Å². The molecular formula is C18H17N3O5. The lowest BCUT2D eigenvalue weighted by Gasteiger charge is -2.15. The molecule has 1 aromatic carbocycles. The summed E-state index contributed by atoms with van der Waals surface area (Å²) in [4.78, 5) is 37.6. The minimum Gasteiger partial charge on any atom is -0.493 e. The van der Waals surface area contributed by atoms with Gasteiger partial charge in [0.2, 0.25) is 5.78 Å². The first-order chi connectivity index (χ1) is 12.5. The third-order valence-corrected chi connectivity index (χ3v) is 4.90. The van der Waals surface area contributed by atoms with Crippen molar-refractivity contribution >= 4 is 34.0 Å². The second-order valence-corrected chi connectivity index (χ2v) is 6.19. The second kappa shape index (κ2) is 5.84. The maximum Gasteiger partial charge on any atom is 0.209 e. The monoisotopic (exact) mass is 355 g/mol. The highest BCUT2D eigenvalue weighted by Gasteiger charge is 2.67. The zero-order valence-corrected chi connectivity index (χ0v) is 14.6. The van der Waals surface area contributed by atoms with Gasteiger partial charge in [0.1, 0.15) is 6.33 Å². The highest BCUT2D eigenvalue weighted by atomic mass is 16.6. The molecule has 1 aliphatic heterocycles. The molecule has 26 heavy (non-hydrogen) atoms. The summed E-state index contributed by atoms with van der Waals surface area (Å²) < 4.78 is 16.0. The van der Waals surface area contributed by atoms with Crippen LogP contribution in [0.1, 0.15) is 19.8 Å². The van der Waals surface area contributed by atoms with Gasteiger partial charge in [-0.3, -0.25) is 9.59 Å². The topological polar surface area (TPSA) is 103 Å². The Bertz CT molecular complexity index is 971. The average molecular weight is 355 g/mol. The quantitative estimate of drug-likeness (QED) is 0.770. The molecule has 0 radical (unpaired) electrons. The molecule has 0 N–H and O–H groups in total. The van der Waals surface area contributed by atoms with E-state index in [2.05, 4.69) is 15.0 Å². The number of rotatable bonds is 4. The highest BCUT2D eigenvalue weighted by Crippen LogP contribution is 2.45. The lowest BCUT2D eigenvalue weighted by atomic mass is 9.84. The smallest absolute Gasteiger partial charge is 0.209 e. The Morgan fingerprint density at radius 2 is 1.96 bits per heavy atom. The van der Waals surface area contributed by atoms with Gasteiger partial charge >= 0.3 is 0 Å². The molecule has 8 heteroatoms. The zero-order chi connectivity index (χ0) is 18.5. The number of methoxy groups -OCH3 is 2. The summed E-state index contributed by atoms with van der Waals surface area (Å²) in [7, 11) is 3.06. The second-order valence-electron chi connectivity index (χ2n) is 6.19. The molecule has 134 valence electrons. The van der Waals surface area contributed by atoms with Crippen molar-refractivity contribution in [2.75, 3.05) is 14.2 Å². The largest absolute Gasteiger partial charge is 0.493 e. The summed E-state index contributed by atoms with van der Waals surface area (Å²) in [5.41, 5.74) is -0.172. The van der Waals surface area contributed by atoms with Gasteiger partial charge in [0.15, 0.2) is 34.8 Å². The Morgan fingerprint density at radius 3 is 2.65 bits per heavy atom. The summed E-state index contributed by atoms with van der Waals surface area (Å²) in [6.45, 7) is 1.84. The number of carbonyl (C=O) groups is 2. The molecule has 2 aromatic rings. The van der Waals surface area contributed by atoms with E-state index < -0.39 is 11.7 Å². The Balaban J connectivity index is 1.79. The predicted molar refractivity (Wildman–Crippen MR) is 92.3 cm³/mol. The summed E-state index contributed by atoms with van der Waals surface area (Å²) in [6, 6.07) is 3.41. The van der Waals surface area contributed by atoms with E-state index in [1.54, 1.807) is 12.1 Å². The minimum atomic E-state index is -0.930. The summed E-state index contributed by atoms with van der Waals surface area (Å²) >= 11 is 0. The Kier molecular flexibility index (Phi) is 3.73. The van der Waals surface area contributed by atoms with Crippen LogP contribution in [0.5, 0.6) is 11.5 Å². The Morgan fingerprint density at radius 1 is 1.23 bits per heavy atom. The normalized spacial score (nSPS) is 26.1. The van der Waals surface area contributed by atoms with Crippen molar-refractivity contribution in [1.29, 1.82) is 0 Å². The molecule has 0 bridgehead atoms. The molecule has 1 saturated carbocycles. The number of benzene rings is 1. The van der Waals surface area contributed by atoms with Crippen LogP contribution in [0.2, 0.25) is 0 Å². The number of nitrogens with zero attached hydrogens (tertiary/aromatic N) is 3. The molecule has 2 aliphatic rings. The van der Waals surface area contributed by atoms with Crippen LogP contribution >= 0.6 is 0 Å². The van der Waals surface area contributed by atoms with Crippen LogP contribution in [0.3, 0.4) is 0 Å². The SMILES string of the molecule is CCC12OC1C(=O)C(=Nc1ncnc3cc(OC)c(OC)cc13)CC2=O. The maximum atomic E-state index is 12.5.